The van der Waals surface area contributed by atoms with Gasteiger partial charge in [-0.2, -0.15) is 0 Å². The van der Waals surface area contributed by atoms with Crippen molar-refractivity contribution < 1.29 is 9.59 Å². The number of nitrogens with zero attached hydrogens (tertiary/aromatic N) is 2. The Morgan fingerprint density at radius 2 is 1.69 bits per heavy atom. The predicted octanol–water partition coefficient (Wildman–Crippen LogP) is 2.97. The average molecular weight is 392 g/mol. The SMILES string of the molecule is NCC1CCN(C(=O)C2CCC(=O)N(Cc3ccccc3)C2c2ccccc2)C1. The highest BCUT2D eigenvalue weighted by Gasteiger charge is 2.43. The van der Waals surface area contributed by atoms with Gasteiger partial charge in [-0.3, -0.25) is 9.59 Å². The summed E-state index contributed by atoms with van der Waals surface area (Å²) in [6, 6.07) is 19.8. The molecule has 2 N–H and O–H groups in total. The molecule has 0 aromatic heterocycles. The number of piperidine rings is 1. The molecule has 0 saturated carbocycles. The monoisotopic (exact) mass is 391 g/mol. The maximum absolute atomic E-state index is 13.5. The van der Waals surface area contributed by atoms with Gasteiger partial charge in [0.15, 0.2) is 0 Å². The first-order valence-electron chi connectivity index (χ1n) is 10.5. The highest BCUT2D eigenvalue weighted by Crippen LogP contribution is 2.39. The first kappa shape index (κ1) is 19.6. The minimum absolute atomic E-state index is 0.119. The summed E-state index contributed by atoms with van der Waals surface area (Å²) in [7, 11) is 0. The Kier molecular flexibility index (Phi) is 5.95. The van der Waals surface area contributed by atoms with E-state index in [9.17, 15) is 9.59 Å². The van der Waals surface area contributed by atoms with E-state index in [4.69, 9.17) is 5.73 Å². The van der Waals surface area contributed by atoms with E-state index in [-0.39, 0.29) is 23.8 Å². The van der Waals surface area contributed by atoms with E-state index < -0.39 is 0 Å². The van der Waals surface area contributed by atoms with Crippen molar-refractivity contribution in [2.75, 3.05) is 19.6 Å². The first-order valence-corrected chi connectivity index (χ1v) is 10.5. The van der Waals surface area contributed by atoms with E-state index in [1.54, 1.807) is 0 Å². The highest BCUT2D eigenvalue weighted by molar-refractivity contribution is 5.85. The Hall–Kier alpha value is -2.66. The average Bonchev–Trinajstić information content (AvgIpc) is 3.25. The molecule has 2 aromatic carbocycles. The fourth-order valence-corrected chi connectivity index (χ4v) is 4.70. The third-order valence-electron chi connectivity index (χ3n) is 6.29. The van der Waals surface area contributed by atoms with Crippen LogP contribution in [-0.2, 0) is 16.1 Å². The minimum atomic E-state index is -0.234. The molecule has 0 radical (unpaired) electrons. The van der Waals surface area contributed by atoms with Crippen molar-refractivity contribution in [3.05, 3.63) is 71.8 Å². The minimum Gasteiger partial charge on any atom is -0.342 e. The highest BCUT2D eigenvalue weighted by atomic mass is 16.2. The largest absolute Gasteiger partial charge is 0.342 e. The smallest absolute Gasteiger partial charge is 0.228 e. The molecule has 2 heterocycles. The van der Waals surface area contributed by atoms with Crippen LogP contribution in [0.25, 0.3) is 0 Å². The molecule has 2 aliphatic heterocycles. The van der Waals surface area contributed by atoms with Crippen molar-refractivity contribution in [1.82, 2.24) is 9.80 Å². The molecule has 0 aliphatic carbocycles. The number of likely N-dealkylation sites (tertiary alicyclic amines) is 2. The molecule has 2 aliphatic rings. The van der Waals surface area contributed by atoms with Crippen LogP contribution in [0.5, 0.6) is 0 Å². The van der Waals surface area contributed by atoms with Crippen LogP contribution in [0, 0.1) is 11.8 Å². The Morgan fingerprint density at radius 1 is 1.00 bits per heavy atom. The third kappa shape index (κ3) is 4.20. The molecule has 3 atom stereocenters. The molecule has 29 heavy (non-hydrogen) atoms. The van der Waals surface area contributed by atoms with Crippen molar-refractivity contribution in [3.63, 3.8) is 0 Å². The lowest BCUT2D eigenvalue weighted by atomic mass is 9.83. The molecule has 5 nitrogen and oxygen atoms in total. The van der Waals surface area contributed by atoms with Gasteiger partial charge in [-0.05, 0) is 36.4 Å². The molecule has 4 rings (SSSR count). The van der Waals surface area contributed by atoms with Gasteiger partial charge in [0, 0.05) is 26.1 Å². The van der Waals surface area contributed by atoms with Gasteiger partial charge in [0.05, 0.1) is 12.0 Å². The first-order chi connectivity index (χ1) is 14.2. The quantitative estimate of drug-likeness (QED) is 0.852. The zero-order valence-electron chi connectivity index (χ0n) is 16.7. The number of carbonyl (C=O) groups is 2. The van der Waals surface area contributed by atoms with Gasteiger partial charge in [0.2, 0.25) is 11.8 Å². The van der Waals surface area contributed by atoms with E-state index in [0.29, 0.717) is 31.8 Å². The molecule has 2 fully saturated rings. The summed E-state index contributed by atoms with van der Waals surface area (Å²) in [4.78, 5) is 30.3. The number of nitrogens with two attached hydrogens (primary N) is 1. The molecule has 2 amide bonds. The van der Waals surface area contributed by atoms with Crippen molar-refractivity contribution >= 4 is 11.8 Å². The summed E-state index contributed by atoms with van der Waals surface area (Å²) in [6.07, 6.45) is 1.99. The summed E-state index contributed by atoms with van der Waals surface area (Å²) in [5.74, 6) is 0.462. The van der Waals surface area contributed by atoms with Crippen LogP contribution in [0.2, 0.25) is 0 Å². The Balaban J connectivity index is 1.64. The van der Waals surface area contributed by atoms with Crippen molar-refractivity contribution in [3.8, 4) is 0 Å². The second-order valence-corrected chi connectivity index (χ2v) is 8.18. The molecule has 0 spiro atoms. The Labute approximate surface area is 172 Å². The van der Waals surface area contributed by atoms with Crippen LogP contribution in [0.1, 0.15) is 36.4 Å². The lowest BCUT2D eigenvalue weighted by molar-refractivity contribution is -0.148. The molecule has 5 heteroatoms. The Bertz CT molecular complexity index is 840. The lowest BCUT2D eigenvalue weighted by Crippen LogP contribution is -2.48. The van der Waals surface area contributed by atoms with Gasteiger partial charge in [0.25, 0.3) is 0 Å². The number of amides is 2. The zero-order chi connectivity index (χ0) is 20.2. The summed E-state index contributed by atoms with van der Waals surface area (Å²) >= 11 is 0. The van der Waals surface area contributed by atoms with Gasteiger partial charge < -0.3 is 15.5 Å². The van der Waals surface area contributed by atoms with Gasteiger partial charge in [-0.1, -0.05) is 60.7 Å². The van der Waals surface area contributed by atoms with Crippen LogP contribution in [0.15, 0.2) is 60.7 Å². The van der Waals surface area contributed by atoms with Crippen LogP contribution >= 0.6 is 0 Å². The van der Waals surface area contributed by atoms with Gasteiger partial charge in [-0.15, -0.1) is 0 Å². The number of benzene rings is 2. The van der Waals surface area contributed by atoms with Crippen LogP contribution in [0.3, 0.4) is 0 Å². The second kappa shape index (κ2) is 8.78. The van der Waals surface area contributed by atoms with E-state index in [1.807, 2.05) is 70.5 Å². The van der Waals surface area contributed by atoms with Crippen molar-refractivity contribution in [2.45, 2.75) is 31.8 Å². The van der Waals surface area contributed by atoms with E-state index in [1.165, 1.54) is 0 Å². The van der Waals surface area contributed by atoms with Gasteiger partial charge >= 0.3 is 0 Å². The molecule has 0 bridgehead atoms. The summed E-state index contributed by atoms with van der Waals surface area (Å²) < 4.78 is 0. The van der Waals surface area contributed by atoms with Crippen LogP contribution in [0.4, 0.5) is 0 Å². The normalized spacial score (nSPS) is 24.7. The topological polar surface area (TPSA) is 66.6 Å². The maximum atomic E-state index is 13.5. The molecule has 152 valence electrons. The fraction of sp³-hybridized carbons (Fsp3) is 0.417. The summed E-state index contributed by atoms with van der Waals surface area (Å²) in [6.45, 7) is 2.65. The predicted molar refractivity (Wildman–Crippen MR) is 113 cm³/mol. The van der Waals surface area contributed by atoms with Crippen LogP contribution in [-0.4, -0.2) is 41.2 Å². The Morgan fingerprint density at radius 3 is 2.34 bits per heavy atom. The number of hydrogen-bond acceptors (Lipinski definition) is 3. The second-order valence-electron chi connectivity index (χ2n) is 8.18. The van der Waals surface area contributed by atoms with Crippen LogP contribution < -0.4 is 5.73 Å². The van der Waals surface area contributed by atoms with Crippen molar-refractivity contribution in [1.29, 1.82) is 0 Å². The third-order valence-corrected chi connectivity index (χ3v) is 6.29. The zero-order valence-corrected chi connectivity index (χ0v) is 16.7. The van der Waals surface area contributed by atoms with Crippen molar-refractivity contribution in [2.24, 2.45) is 17.6 Å². The summed E-state index contributed by atoms with van der Waals surface area (Å²) in [5, 5.41) is 0. The molecular weight excluding hydrogens is 362 g/mol. The summed E-state index contributed by atoms with van der Waals surface area (Å²) in [5.41, 5.74) is 7.94. The standard InChI is InChI=1S/C24H29N3O2/c25-15-19-13-14-26(16-19)24(29)21-11-12-22(28)27(17-18-7-3-1-4-8-18)23(21)20-9-5-2-6-10-20/h1-10,19,21,23H,11-17,25H2. The molecule has 3 unspecified atom stereocenters. The number of carbonyl (C=O) groups excluding carboxylic acids is 2. The van der Waals surface area contributed by atoms with E-state index >= 15 is 0 Å². The molecular formula is C24H29N3O2. The van der Waals surface area contributed by atoms with E-state index in [2.05, 4.69) is 0 Å². The molecule has 2 aromatic rings. The lowest BCUT2D eigenvalue weighted by Gasteiger charge is -2.42. The number of rotatable bonds is 5. The maximum Gasteiger partial charge on any atom is 0.228 e. The number of hydrogen-bond donors (Lipinski definition) is 1. The van der Waals surface area contributed by atoms with E-state index in [0.717, 1.165) is 30.6 Å². The fourth-order valence-electron chi connectivity index (χ4n) is 4.70. The van der Waals surface area contributed by atoms with Gasteiger partial charge in [-0.25, -0.2) is 0 Å². The molecule has 2 saturated heterocycles. The van der Waals surface area contributed by atoms with Gasteiger partial charge in [0.1, 0.15) is 0 Å².